The van der Waals surface area contributed by atoms with Crippen LogP contribution in [0, 0.1) is 23.7 Å². The molecule has 2 bridgehead atoms. The van der Waals surface area contributed by atoms with Gasteiger partial charge < -0.3 is 14.2 Å². The van der Waals surface area contributed by atoms with Crippen LogP contribution in [-0.2, 0) is 28.6 Å². The maximum absolute atomic E-state index is 14.4. The van der Waals surface area contributed by atoms with E-state index in [0.29, 0.717) is 6.42 Å². The van der Waals surface area contributed by atoms with Crippen LogP contribution in [0.1, 0.15) is 50.1 Å². The smallest absolute Gasteiger partial charge is 0.327 e. The molecule has 5 aliphatic rings. The molecule has 2 saturated heterocycles. The molecule has 1 saturated carbocycles. The molecule has 3 fully saturated rings. The van der Waals surface area contributed by atoms with Gasteiger partial charge in [-0.1, -0.05) is 48.5 Å². The summed E-state index contributed by atoms with van der Waals surface area (Å²) in [5, 5.41) is 0. The average molecular weight is 530 g/mol. The molecule has 0 radical (unpaired) electrons. The van der Waals surface area contributed by atoms with Crippen molar-refractivity contribution in [3.05, 3.63) is 70.8 Å². The first kappa shape index (κ1) is 24.2. The molecule has 2 aliphatic heterocycles. The van der Waals surface area contributed by atoms with Crippen molar-refractivity contribution in [3.8, 4) is 0 Å². The third kappa shape index (κ3) is 2.62. The molecule has 9 atom stereocenters. The summed E-state index contributed by atoms with van der Waals surface area (Å²) in [6, 6.07) is 12.0. The van der Waals surface area contributed by atoms with Crippen molar-refractivity contribution in [2.24, 2.45) is 23.7 Å². The van der Waals surface area contributed by atoms with Crippen LogP contribution in [0.3, 0.4) is 0 Å². The van der Waals surface area contributed by atoms with Gasteiger partial charge in [0.05, 0.1) is 33.2 Å². The number of hydrogen-bond acceptors (Lipinski definition) is 9. The van der Waals surface area contributed by atoms with Gasteiger partial charge in [-0.25, -0.2) is 0 Å². The molecule has 0 N–H and O–H groups in total. The zero-order chi connectivity index (χ0) is 27.4. The molecule has 2 aromatic carbocycles. The molecule has 7 unspecified atom stereocenters. The maximum atomic E-state index is 14.4. The van der Waals surface area contributed by atoms with Gasteiger partial charge in [0.25, 0.3) is 0 Å². The summed E-state index contributed by atoms with van der Waals surface area (Å²) in [4.78, 5) is 71.5. The number of ether oxygens (including phenoxy) is 3. The number of carbonyl (C=O) groups is 5. The highest BCUT2D eigenvalue weighted by molar-refractivity contribution is 6.20. The Morgan fingerprint density at radius 2 is 1.33 bits per heavy atom. The fourth-order valence-electron chi connectivity index (χ4n) is 9.16. The number of benzene rings is 2. The van der Waals surface area contributed by atoms with Gasteiger partial charge in [0, 0.05) is 17.0 Å². The molecule has 3 aliphatic carbocycles. The van der Waals surface area contributed by atoms with Crippen LogP contribution in [-0.4, -0.2) is 73.3 Å². The number of nitrogens with zero attached hydrogens (tertiary/aromatic N) is 1. The quantitative estimate of drug-likeness (QED) is 0.436. The van der Waals surface area contributed by atoms with E-state index in [-0.39, 0.29) is 23.0 Å². The van der Waals surface area contributed by atoms with Crippen LogP contribution in [0.15, 0.2) is 48.5 Å². The fraction of sp³-hybridized carbons (Fsp3) is 0.433. The molecule has 200 valence electrons. The van der Waals surface area contributed by atoms with E-state index < -0.39 is 70.8 Å². The van der Waals surface area contributed by atoms with Crippen LogP contribution >= 0.6 is 0 Å². The summed E-state index contributed by atoms with van der Waals surface area (Å²) >= 11 is 0. The van der Waals surface area contributed by atoms with E-state index in [1.807, 2.05) is 24.3 Å². The predicted molar refractivity (Wildman–Crippen MR) is 134 cm³/mol. The Kier molecular flexibility index (Phi) is 5.02. The Labute approximate surface area is 224 Å². The molecule has 2 heterocycles. The molecular weight excluding hydrogens is 502 g/mol. The van der Waals surface area contributed by atoms with E-state index in [4.69, 9.17) is 14.2 Å². The lowest BCUT2D eigenvalue weighted by Gasteiger charge is -2.43. The van der Waals surface area contributed by atoms with E-state index in [9.17, 15) is 24.0 Å². The second-order valence-corrected chi connectivity index (χ2v) is 11.1. The van der Waals surface area contributed by atoms with Gasteiger partial charge in [0.1, 0.15) is 17.6 Å². The maximum Gasteiger partial charge on any atom is 0.327 e. The fourth-order valence-corrected chi connectivity index (χ4v) is 9.16. The van der Waals surface area contributed by atoms with E-state index in [0.717, 1.165) is 11.1 Å². The summed E-state index contributed by atoms with van der Waals surface area (Å²) in [6.07, 6.45) is 0.688. The van der Waals surface area contributed by atoms with Crippen molar-refractivity contribution in [2.75, 3.05) is 21.3 Å². The van der Waals surface area contributed by atoms with Gasteiger partial charge >= 0.3 is 17.9 Å². The van der Waals surface area contributed by atoms with Crippen molar-refractivity contribution in [3.63, 3.8) is 0 Å². The number of carbonyl (C=O) groups excluding carboxylic acids is 5. The van der Waals surface area contributed by atoms with Gasteiger partial charge in [0.15, 0.2) is 11.6 Å². The SMILES string of the molecule is COC(=O)C1C2C(=O)c3ccccc3C(=O)C2C2(C(=O)OC)C3C(C(C(=O)OC)N12)[C@H]1C[C@@H]3c2ccccc21. The summed E-state index contributed by atoms with van der Waals surface area (Å²) in [5.41, 5.74) is 0.823. The molecule has 7 rings (SSSR count). The monoisotopic (exact) mass is 529 g/mol. The van der Waals surface area contributed by atoms with Crippen LogP contribution in [0.2, 0.25) is 0 Å². The van der Waals surface area contributed by atoms with Gasteiger partial charge in [-0.2, -0.15) is 0 Å². The standard InChI is InChI=1S/C30H27NO8/c1-37-27(34)23-19-17-12-18(14-9-5-4-8-13(14)17)21(19)30(29(36)39-3)22-20(24(31(23)30)28(35)38-2)25(32)15-10-6-7-11-16(15)26(22)33/h4-11,17-24H,12H2,1-3H3/t17-,18+,19?,20?,21?,22?,23?,24?,30?/m0/s1. The molecule has 0 spiro atoms. The second-order valence-electron chi connectivity index (χ2n) is 11.1. The van der Waals surface area contributed by atoms with E-state index in [2.05, 4.69) is 0 Å². The second kappa shape index (κ2) is 8.08. The van der Waals surface area contributed by atoms with Crippen molar-refractivity contribution < 1.29 is 38.2 Å². The molecule has 9 heteroatoms. The predicted octanol–water partition coefficient (Wildman–Crippen LogP) is 2.14. The lowest BCUT2D eigenvalue weighted by molar-refractivity contribution is -0.164. The summed E-state index contributed by atoms with van der Waals surface area (Å²) < 4.78 is 15.9. The molecular formula is C30H27NO8. The topological polar surface area (TPSA) is 116 Å². The van der Waals surface area contributed by atoms with E-state index >= 15 is 0 Å². The van der Waals surface area contributed by atoms with Gasteiger partial charge in [-0.15, -0.1) is 0 Å². The van der Waals surface area contributed by atoms with E-state index in [1.54, 1.807) is 24.3 Å². The average Bonchev–Trinajstić information content (AvgIpc) is 3.69. The first-order chi connectivity index (χ1) is 18.8. The highest BCUT2D eigenvalue weighted by Crippen LogP contribution is 2.73. The van der Waals surface area contributed by atoms with Crippen LogP contribution < -0.4 is 0 Å². The van der Waals surface area contributed by atoms with Crippen LogP contribution in [0.4, 0.5) is 0 Å². The minimum absolute atomic E-state index is 0.0918. The van der Waals surface area contributed by atoms with Crippen molar-refractivity contribution in [1.82, 2.24) is 4.90 Å². The number of ketones is 2. The third-order valence-corrected chi connectivity index (χ3v) is 10.1. The number of Topliss-reactive ketones (excluding diaryl/α,β-unsaturated/α-hetero) is 2. The number of fused-ring (bicyclic) bond motifs is 13. The zero-order valence-corrected chi connectivity index (χ0v) is 21.7. The highest BCUT2D eigenvalue weighted by Gasteiger charge is 2.83. The Morgan fingerprint density at radius 3 is 1.95 bits per heavy atom. The minimum atomic E-state index is -1.74. The summed E-state index contributed by atoms with van der Waals surface area (Å²) in [7, 11) is 3.70. The molecule has 0 aromatic heterocycles. The first-order valence-corrected chi connectivity index (χ1v) is 13.1. The van der Waals surface area contributed by atoms with Crippen molar-refractivity contribution in [2.45, 2.75) is 35.9 Å². The molecule has 0 amide bonds. The first-order valence-electron chi connectivity index (χ1n) is 13.1. The number of esters is 3. The molecule has 2 aromatic rings. The van der Waals surface area contributed by atoms with Crippen molar-refractivity contribution in [1.29, 1.82) is 0 Å². The Morgan fingerprint density at radius 1 is 0.769 bits per heavy atom. The molecule has 39 heavy (non-hydrogen) atoms. The van der Waals surface area contributed by atoms with Gasteiger partial charge in [0.2, 0.25) is 0 Å². The van der Waals surface area contributed by atoms with Crippen LogP contribution in [0.25, 0.3) is 0 Å². The summed E-state index contributed by atoms with van der Waals surface area (Å²) in [5.74, 6) is -6.66. The van der Waals surface area contributed by atoms with Gasteiger partial charge in [-0.05, 0) is 35.3 Å². The zero-order valence-electron chi connectivity index (χ0n) is 21.7. The molecule has 9 nitrogen and oxygen atoms in total. The van der Waals surface area contributed by atoms with Gasteiger partial charge in [-0.3, -0.25) is 28.9 Å². The number of hydrogen-bond donors (Lipinski definition) is 0. The number of methoxy groups -OCH3 is 3. The Hall–Kier alpha value is -3.85. The van der Waals surface area contributed by atoms with Crippen LogP contribution in [0.5, 0.6) is 0 Å². The lowest BCUT2D eigenvalue weighted by Crippen LogP contribution is -2.62. The Balaban J connectivity index is 1.56. The van der Waals surface area contributed by atoms with Crippen molar-refractivity contribution >= 4 is 29.5 Å². The number of rotatable bonds is 3. The largest absolute Gasteiger partial charge is 0.468 e. The Bertz CT molecular complexity index is 1480. The minimum Gasteiger partial charge on any atom is -0.468 e. The highest BCUT2D eigenvalue weighted by atomic mass is 16.5. The van der Waals surface area contributed by atoms with E-state index in [1.165, 1.54) is 26.2 Å². The lowest BCUT2D eigenvalue weighted by atomic mass is 9.59. The normalized spacial score (nSPS) is 36.9. The summed E-state index contributed by atoms with van der Waals surface area (Å²) in [6.45, 7) is 0. The third-order valence-electron chi connectivity index (χ3n) is 10.1.